The van der Waals surface area contributed by atoms with Crippen LogP contribution in [-0.4, -0.2) is 29.5 Å². The quantitative estimate of drug-likeness (QED) is 0.640. The molecule has 0 heterocycles. The average molecular weight is 195 g/mol. The van der Waals surface area contributed by atoms with Crippen LogP contribution in [0.5, 0.6) is 0 Å². The molecule has 3 nitrogen and oxygen atoms in total. The van der Waals surface area contributed by atoms with Gasteiger partial charge >= 0.3 is 0 Å². The van der Waals surface area contributed by atoms with Crippen LogP contribution in [0.4, 0.5) is 5.69 Å². The Morgan fingerprint density at radius 1 is 1.14 bits per heavy atom. The Kier molecular flexibility index (Phi) is 5.04. The van der Waals surface area contributed by atoms with E-state index in [-0.39, 0.29) is 19.3 Å². The molecule has 0 fully saturated rings. The second kappa shape index (κ2) is 6.40. The number of anilines is 1. The summed E-state index contributed by atoms with van der Waals surface area (Å²) in [5.74, 6) is 0. The van der Waals surface area contributed by atoms with Crippen LogP contribution in [0.15, 0.2) is 30.3 Å². The van der Waals surface area contributed by atoms with Crippen LogP contribution in [0.3, 0.4) is 0 Å². The number of hydrogen-bond acceptors (Lipinski definition) is 3. The second-order valence-corrected chi connectivity index (χ2v) is 3.26. The van der Waals surface area contributed by atoms with Crippen molar-refractivity contribution >= 4 is 5.69 Å². The van der Waals surface area contributed by atoms with E-state index in [4.69, 9.17) is 10.2 Å². The number of nitrogens with one attached hydrogen (secondary N) is 1. The Labute approximate surface area is 84.4 Å². The lowest BCUT2D eigenvalue weighted by Gasteiger charge is -2.16. The monoisotopic (exact) mass is 195 g/mol. The van der Waals surface area contributed by atoms with Gasteiger partial charge in [0.15, 0.2) is 0 Å². The Morgan fingerprint density at radius 2 is 1.86 bits per heavy atom. The maximum Gasteiger partial charge on any atom is 0.0632 e. The van der Waals surface area contributed by atoms with Crippen LogP contribution in [0, 0.1) is 0 Å². The van der Waals surface area contributed by atoms with Gasteiger partial charge in [-0.1, -0.05) is 18.2 Å². The van der Waals surface area contributed by atoms with Crippen molar-refractivity contribution in [3.8, 4) is 0 Å². The SMILES string of the molecule is OCCC[C@@H](CO)Nc1ccccc1. The van der Waals surface area contributed by atoms with Gasteiger partial charge in [-0.05, 0) is 25.0 Å². The second-order valence-electron chi connectivity index (χ2n) is 3.26. The van der Waals surface area contributed by atoms with Crippen molar-refractivity contribution in [2.24, 2.45) is 0 Å². The highest BCUT2D eigenvalue weighted by atomic mass is 16.3. The van der Waals surface area contributed by atoms with Crippen LogP contribution in [0.2, 0.25) is 0 Å². The lowest BCUT2D eigenvalue weighted by Crippen LogP contribution is -2.23. The summed E-state index contributed by atoms with van der Waals surface area (Å²) in [7, 11) is 0. The molecule has 0 radical (unpaired) electrons. The molecule has 1 rings (SSSR count). The molecule has 3 heteroatoms. The van der Waals surface area contributed by atoms with Crippen molar-refractivity contribution < 1.29 is 10.2 Å². The fourth-order valence-corrected chi connectivity index (χ4v) is 1.32. The molecular formula is C11H17NO2. The summed E-state index contributed by atoms with van der Waals surface area (Å²) in [6, 6.07) is 9.80. The number of rotatable bonds is 6. The van der Waals surface area contributed by atoms with Gasteiger partial charge < -0.3 is 15.5 Å². The topological polar surface area (TPSA) is 52.5 Å². The summed E-state index contributed by atoms with van der Waals surface area (Å²) < 4.78 is 0. The molecule has 14 heavy (non-hydrogen) atoms. The number of aliphatic hydroxyl groups excluding tert-OH is 2. The zero-order chi connectivity index (χ0) is 10.2. The van der Waals surface area contributed by atoms with Gasteiger partial charge in [0.1, 0.15) is 0 Å². The van der Waals surface area contributed by atoms with Gasteiger partial charge in [0.05, 0.1) is 6.61 Å². The molecule has 0 aliphatic rings. The normalized spacial score (nSPS) is 12.4. The maximum absolute atomic E-state index is 9.07. The number of para-hydroxylation sites is 1. The molecule has 0 saturated heterocycles. The van der Waals surface area contributed by atoms with Crippen LogP contribution in [0.1, 0.15) is 12.8 Å². The third-order valence-electron chi connectivity index (χ3n) is 2.08. The van der Waals surface area contributed by atoms with Crippen molar-refractivity contribution in [3.63, 3.8) is 0 Å². The van der Waals surface area contributed by atoms with Crippen molar-refractivity contribution in [3.05, 3.63) is 30.3 Å². The largest absolute Gasteiger partial charge is 0.396 e. The number of aliphatic hydroxyl groups is 2. The van der Waals surface area contributed by atoms with Gasteiger partial charge in [-0.2, -0.15) is 0 Å². The highest BCUT2D eigenvalue weighted by molar-refractivity contribution is 5.43. The van der Waals surface area contributed by atoms with E-state index in [0.717, 1.165) is 12.1 Å². The smallest absolute Gasteiger partial charge is 0.0632 e. The molecule has 1 atom stereocenters. The van der Waals surface area contributed by atoms with E-state index in [1.54, 1.807) is 0 Å². The van der Waals surface area contributed by atoms with E-state index in [1.807, 2.05) is 30.3 Å². The molecule has 78 valence electrons. The van der Waals surface area contributed by atoms with Gasteiger partial charge in [0, 0.05) is 18.3 Å². The minimum atomic E-state index is 0.0320. The Bertz CT molecular complexity index is 238. The summed E-state index contributed by atoms with van der Waals surface area (Å²) in [5.41, 5.74) is 1.00. The summed E-state index contributed by atoms with van der Waals surface area (Å²) in [4.78, 5) is 0. The predicted molar refractivity (Wildman–Crippen MR) is 57.3 cm³/mol. The van der Waals surface area contributed by atoms with Gasteiger partial charge in [-0.15, -0.1) is 0 Å². The van der Waals surface area contributed by atoms with E-state index in [0.29, 0.717) is 6.42 Å². The van der Waals surface area contributed by atoms with Crippen molar-refractivity contribution in [2.45, 2.75) is 18.9 Å². The van der Waals surface area contributed by atoms with Crippen LogP contribution in [-0.2, 0) is 0 Å². The minimum absolute atomic E-state index is 0.0320. The molecule has 0 bridgehead atoms. The van der Waals surface area contributed by atoms with Crippen molar-refractivity contribution in [2.75, 3.05) is 18.5 Å². The van der Waals surface area contributed by atoms with E-state index < -0.39 is 0 Å². The average Bonchev–Trinajstić information content (AvgIpc) is 2.25. The first-order valence-electron chi connectivity index (χ1n) is 4.90. The highest BCUT2D eigenvalue weighted by Gasteiger charge is 2.05. The van der Waals surface area contributed by atoms with E-state index >= 15 is 0 Å². The first-order chi connectivity index (χ1) is 6.86. The van der Waals surface area contributed by atoms with E-state index in [9.17, 15) is 0 Å². The molecule has 0 amide bonds. The zero-order valence-electron chi connectivity index (χ0n) is 8.19. The van der Waals surface area contributed by atoms with E-state index in [2.05, 4.69) is 5.32 Å². The van der Waals surface area contributed by atoms with Gasteiger partial charge in [-0.25, -0.2) is 0 Å². The van der Waals surface area contributed by atoms with Gasteiger partial charge in [0.25, 0.3) is 0 Å². The molecule has 3 N–H and O–H groups in total. The first-order valence-corrected chi connectivity index (χ1v) is 4.90. The van der Waals surface area contributed by atoms with Gasteiger partial charge in [-0.3, -0.25) is 0 Å². The molecule has 1 aromatic carbocycles. The van der Waals surface area contributed by atoms with Crippen LogP contribution < -0.4 is 5.32 Å². The summed E-state index contributed by atoms with van der Waals surface area (Å²) >= 11 is 0. The molecule has 0 saturated carbocycles. The Morgan fingerprint density at radius 3 is 2.43 bits per heavy atom. The third-order valence-corrected chi connectivity index (χ3v) is 2.08. The fraction of sp³-hybridized carbons (Fsp3) is 0.455. The standard InChI is InChI=1S/C11H17NO2/c13-8-4-7-11(9-14)12-10-5-2-1-3-6-10/h1-3,5-6,11-14H,4,7-9H2/t11-/m0/s1. The maximum atomic E-state index is 9.07. The zero-order valence-corrected chi connectivity index (χ0v) is 8.19. The molecule has 1 aromatic rings. The molecule has 0 unspecified atom stereocenters. The highest BCUT2D eigenvalue weighted by Crippen LogP contribution is 2.09. The third kappa shape index (κ3) is 3.77. The van der Waals surface area contributed by atoms with E-state index in [1.165, 1.54) is 0 Å². The Balaban J connectivity index is 2.40. The molecule has 0 aliphatic carbocycles. The lowest BCUT2D eigenvalue weighted by molar-refractivity contribution is 0.245. The molecule has 0 aliphatic heterocycles. The molecule has 0 aromatic heterocycles. The van der Waals surface area contributed by atoms with Crippen molar-refractivity contribution in [1.82, 2.24) is 0 Å². The summed E-state index contributed by atoms with van der Waals surface area (Å²) in [6.45, 7) is 0.266. The van der Waals surface area contributed by atoms with Crippen LogP contribution in [0.25, 0.3) is 0 Å². The molecular weight excluding hydrogens is 178 g/mol. The Hall–Kier alpha value is -1.06. The van der Waals surface area contributed by atoms with Gasteiger partial charge in [0.2, 0.25) is 0 Å². The summed E-state index contributed by atoms with van der Waals surface area (Å²) in [6.07, 6.45) is 1.49. The predicted octanol–water partition coefficient (Wildman–Crippen LogP) is 1.23. The minimum Gasteiger partial charge on any atom is -0.396 e. The number of hydrogen-bond donors (Lipinski definition) is 3. The summed E-state index contributed by atoms with van der Waals surface area (Å²) in [5, 5.41) is 20.9. The fourth-order valence-electron chi connectivity index (χ4n) is 1.32. The van der Waals surface area contributed by atoms with Crippen molar-refractivity contribution in [1.29, 1.82) is 0 Å². The number of benzene rings is 1. The van der Waals surface area contributed by atoms with Crippen LogP contribution >= 0.6 is 0 Å². The lowest BCUT2D eigenvalue weighted by atomic mass is 10.1. The first kappa shape index (κ1) is 11.0. The molecule has 0 spiro atoms.